The number of likely N-dealkylation sites (N-methyl/N-ethyl adjacent to an activating group) is 1. The highest BCUT2D eigenvalue weighted by Gasteiger charge is 2.29. The van der Waals surface area contributed by atoms with Crippen LogP contribution in [-0.4, -0.2) is 58.4 Å². The van der Waals surface area contributed by atoms with Crippen LogP contribution in [0.2, 0.25) is 0 Å². The number of nitrogens with zero attached hydrogens (tertiary/aromatic N) is 3. The fourth-order valence-electron chi connectivity index (χ4n) is 3.48. The molecular weight excluding hydrogens is 330 g/mol. The lowest BCUT2D eigenvalue weighted by Gasteiger charge is -2.22. The fourth-order valence-corrected chi connectivity index (χ4v) is 3.48. The summed E-state index contributed by atoms with van der Waals surface area (Å²) in [5, 5.41) is 9.37. The summed E-state index contributed by atoms with van der Waals surface area (Å²) in [6.07, 6.45) is 4.29. The van der Waals surface area contributed by atoms with Crippen molar-refractivity contribution in [1.29, 1.82) is 0 Å². The zero-order valence-corrected chi connectivity index (χ0v) is 14.8. The molecule has 1 saturated heterocycles. The number of aromatic nitrogens is 1. The molecule has 0 saturated carbocycles. The summed E-state index contributed by atoms with van der Waals surface area (Å²) >= 11 is 0. The summed E-state index contributed by atoms with van der Waals surface area (Å²) in [4.78, 5) is 31.8. The van der Waals surface area contributed by atoms with Gasteiger partial charge < -0.3 is 10.0 Å². The SMILES string of the molecule is CN(CC(=O)N1CC[C@H](c2ccccc2C(=O)O)C1)Cc1ccncc1. The number of pyridine rings is 1. The Morgan fingerprint density at radius 2 is 1.96 bits per heavy atom. The molecule has 1 aliphatic rings. The molecule has 1 atom stereocenters. The molecular formula is C20H23N3O3. The van der Waals surface area contributed by atoms with E-state index in [-0.39, 0.29) is 11.8 Å². The molecule has 0 aliphatic carbocycles. The highest BCUT2D eigenvalue weighted by molar-refractivity contribution is 5.89. The summed E-state index contributed by atoms with van der Waals surface area (Å²) < 4.78 is 0. The summed E-state index contributed by atoms with van der Waals surface area (Å²) in [7, 11) is 1.92. The second kappa shape index (κ2) is 8.10. The van der Waals surface area contributed by atoms with Gasteiger partial charge in [0.2, 0.25) is 5.91 Å². The van der Waals surface area contributed by atoms with Crippen molar-refractivity contribution in [2.75, 3.05) is 26.7 Å². The van der Waals surface area contributed by atoms with Gasteiger partial charge in [0.1, 0.15) is 0 Å². The molecule has 1 amide bonds. The minimum atomic E-state index is -0.914. The molecule has 2 heterocycles. The van der Waals surface area contributed by atoms with Gasteiger partial charge in [-0.1, -0.05) is 18.2 Å². The first-order chi connectivity index (χ1) is 12.5. The third-order valence-electron chi connectivity index (χ3n) is 4.78. The molecule has 0 radical (unpaired) electrons. The second-order valence-corrected chi connectivity index (χ2v) is 6.75. The van der Waals surface area contributed by atoms with Crippen LogP contribution < -0.4 is 0 Å². The maximum absolute atomic E-state index is 12.6. The van der Waals surface area contributed by atoms with Crippen LogP contribution in [0.5, 0.6) is 0 Å². The van der Waals surface area contributed by atoms with Gasteiger partial charge in [0.25, 0.3) is 0 Å². The van der Waals surface area contributed by atoms with E-state index in [2.05, 4.69) is 4.98 Å². The topological polar surface area (TPSA) is 73.7 Å². The Morgan fingerprint density at radius 1 is 1.23 bits per heavy atom. The summed E-state index contributed by atoms with van der Waals surface area (Å²) in [6, 6.07) is 11.0. The van der Waals surface area contributed by atoms with Gasteiger partial charge in [-0.05, 0) is 42.8 Å². The van der Waals surface area contributed by atoms with Crippen molar-refractivity contribution in [3.05, 3.63) is 65.5 Å². The Bertz CT molecular complexity index is 779. The predicted molar refractivity (Wildman–Crippen MR) is 97.9 cm³/mol. The molecule has 1 aliphatic heterocycles. The van der Waals surface area contributed by atoms with Gasteiger partial charge in [0.15, 0.2) is 0 Å². The highest BCUT2D eigenvalue weighted by atomic mass is 16.4. The summed E-state index contributed by atoms with van der Waals surface area (Å²) in [5.41, 5.74) is 2.27. The summed E-state index contributed by atoms with van der Waals surface area (Å²) in [6.45, 7) is 2.27. The number of carboxylic acid groups (broad SMARTS) is 1. The molecule has 6 nitrogen and oxygen atoms in total. The van der Waals surface area contributed by atoms with Crippen LogP contribution in [0.1, 0.15) is 33.8 Å². The van der Waals surface area contributed by atoms with Crippen molar-refractivity contribution in [3.63, 3.8) is 0 Å². The lowest BCUT2D eigenvalue weighted by atomic mass is 9.93. The van der Waals surface area contributed by atoms with Crippen molar-refractivity contribution < 1.29 is 14.7 Å². The van der Waals surface area contributed by atoms with Crippen LogP contribution in [-0.2, 0) is 11.3 Å². The molecule has 1 aromatic carbocycles. The van der Waals surface area contributed by atoms with Gasteiger partial charge in [-0.25, -0.2) is 4.79 Å². The number of benzene rings is 1. The number of likely N-dealkylation sites (tertiary alicyclic amines) is 1. The largest absolute Gasteiger partial charge is 0.478 e. The maximum Gasteiger partial charge on any atom is 0.335 e. The van der Waals surface area contributed by atoms with E-state index in [4.69, 9.17) is 0 Å². The average molecular weight is 353 g/mol. The molecule has 0 unspecified atom stereocenters. The number of carboxylic acids is 1. The van der Waals surface area contributed by atoms with Crippen molar-refractivity contribution >= 4 is 11.9 Å². The normalized spacial score (nSPS) is 16.8. The third kappa shape index (κ3) is 4.26. The second-order valence-electron chi connectivity index (χ2n) is 6.75. The first-order valence-corrected chi connectivity index (χ1v) is 8.72. The van der Waals surface area contributed by atoms with Gasteiger partial charge in [0.05, 0.1) is 12.1 Å². The molecule has 2 aromatic rings. The highest BCUT2D eigenvalue weighted by Crippen LogP contribution is 2.29. The van der Waals surface area contributed by atoms with Gasteiger partial charge in [0, 0.05) is 37.9 Å². The van der Waals surface area contributed by atoms with E-state index in [1.54, 1.807) is 24.5 Å². The first-order valence-electron chi connectivity index (χ1n) is 8.72. The van der Waals surface area contributed by atoms with Crippen LogP contribution in [0.4, 0.5) is 0 Å². The van der Waals surface area contributed by atoms with Crippen molar-refractivity contribution in [2.24, 2.45) is 0 Å². The van der Waals surface area contributed by atoms with Gasteiger partial charge >= 0.3 is 5.97 Å². The van der Waals surface area contributed by atoms with Crippen molar-refractivity contribution in [2.45, 2.75) is 18.9 Å². The number of carbonyl (C=O) groups is 2. The minimum absolute atomic E-state index is 0.0803. The molecule has 0 bridgehead atoms. The number of hydrogen-bond acceptors (Lipinski definition) is 4. The first kappa shape index (κ1) is 18.1. The van der Waals surface area contributed by atoms with Crippen LogP contribution in [0.3, 0.4) is 0 Å². The zero-order valence-electron chi connectivity index (χ0n) is 14.8. The quantitative estimate of drug-likeness (QED) is 0.862. The molecule has 1 fully saturated rings. The average Bonchev–Trinajstić information content (AvgIpc) is 3.12. The Morgan fingerprint density at radius 3 is 2.69 bits per heavy atom. The van der Waals surface area contributed by atoms with E-state index in [9.17, 15) is 14.7 Å². The molecule has 1 N–H and O–H groups in total. The fraction of sp³-hybridized carbons (Fsp3) is 0.350. The Labute approximate surface area is 153 Å². The number of carbonyl (C=O) groups excluding carboxylic acids is 1. The number of rotatable bonds is 6. The molecule has 1 aromatic heterocycles. The van der Waals surface area contributed by atoms with E-state index in [0.717, 1.165) is 17.5 Å². The number of aromatic carboxylic acids is 1. The van der Waals surface area contributed by atoms with E-state index in [0.29, 0.717) is 31.7 Å². The molecule has 6 heteroatoms. The lowest BCUT2D eigenvalue weighted by Crippen LogP contribution is -2.37. The Hall–Kier alpha value is -2.73. The van der Waals surface area contributed by atoms with Crippen LogP contribution >= 0.6 is 0 Å². The van der Waals surface area contributed by atoms with Crippen molar-refractivity contribution in [3.8, 4) is 0 Å². The smallest absolute Gasteiger partial charge is 0.335 e. The van der Waals surface area contributed by atoms with Gasteiger partial charge in [-0.15, -0.1) is 0 Å². The van der Waals surface area contributed by atoms with E-state index < -0.39 is 5.97 Å². The third-order valence-corrected chi connectivity index (χ3v) is 4.78. The molecule has 0 spiro atoms. The van der Waals surface area contributed by atoms with Crippen molar-refractivity contribution in [1.82, 2.24) is 14.8 Å². The zero-order chi connectivity index (χ0) is 18.5. The van der Waals surface area contributed by atoms with E-state index in [1.165, 1.54) is 0 Å². The Kier molecular flexibility index (Phi) is 5.63. The lowest BCUT2D eigenvalue weighted by molar-refractivity contribution is -0.131. The van der Waals surface area contributed by atoms with Crippen LogP contribution in [0.15, 0.2) is 48.8 Å². The minimum Gasteiger partial charge on any atom is -0.478 e. The summed E-state index contributed by atoms with van der Waals surface area (Å²) in [5.74, 6) is -0.754. The number of amides is 1. The van der Waals surface area contributed by atoms with Gasteiger partial charge in [-0.3, -0.25) is 14.7 Å². The van der Waals surface area contributed by atoms with Crippen LogP contribution in [0.25, 0.3) is 0 Å². The van der Waals surface area contributed by atoms with Crippen LogP contribution in [0, 0.1) is 0 Å². The standard InChI is InChI=1S/C20H23N3O3/c1-22(12-15-6-9-21-10-7-15)14-19(24)23-11-8-16(13-23)17-4-2-3-5-18(17)20(25)26/h2-7,9-10,16H,8,11-14H2,1H3,(H,25,26)/t16-/m0/s1. The van der Waals surface area contributed by atoms with Gasteiger partial charge in [-0.2, -0.15) is 0 Å². The number of hydrogen-bond donors (Lipinski definition) is 1. The van der Waals surface area contributed by atoms with E-state index in [1.807, 2.05) is 41.1 Å². The molecule has 3 rings (SSSR count). The molecule has 26 heavy (non-hydrogen) atoms. The van der Waals surface area contributed by atoms with E-state index >= 15 is 0 Å². The Balaban J connectivity index is 1.58. The maximum atomic E-state index is 12.6. The monoisotopic (exact) mass is 353 g/mol. The predicted octanol–water partition coefficient (Wildman–Crippen LogP) is 2.23. The molecule has 136 valence electrons.